The van der Waals surface area contributed by atoms with Gasteiger partial charge in [0.25, 0.3) is 0 Å². The number of nitrogens with zero attached hydrogens (tertiary/aromatic N) is 3. The van der Waals surface area contributed by atoms with Gasteiger partial charge in [0, 0.05) is 17.3 Å². The Morgan fingerprint density at radius 1 is 1.44 bits per heavy atom. The Bertz CT molecular complexity index is 552. The maximum Gasteiger partial charge on any atom is 0.110 e. The Balaban J connectivity index is 2.67. The third-order valence-corrected chi connectivity index (χ3v) is 3.20. The van der Waals surface area contributed by atoms with E-state index in [0.717, 1.165) is 16.4 Å². The van der Waals surface area contributed by atoms with Crippen LogP contribution < -0.4 is 0 Å². The Labute approximate surface area is 98.7 Å². The van der Waals surface area contributed by atoms with Crippen LogP contribution in [0.3, 0.4) is 0 Å². The van der Waals surface area contributed by atoms with E-state index < -0.39 is 0 Å². The van der Waals surface area contributed by atoms with Crippen molar-refractivity contribution in [3.05, 3.63) is 42.0 Å². The van der Waals surface area contributed by atoms with Gasteiger partial charge in [0.15, 0.2) is 0 Å². The van der Waals surface area contributed by atoms with Crippen molar-refractivity contribution in [2.75, 3.05) is 6.26 Å². The molecule has 0 amide bonds. The van der Waals surface area contributed by atoms with E-state index in [1.807, 2.05) is 42.1 Å². The zero-order chi connectivity index (χ0) is 11.5. The summed E-state index contributed by atoms with van der Waals surface area (Å²) in [6.45, 7) is 1.92. The highest BCUT2D eigenvalue weighted by molar-refractivity contribution is 7.98. The molecule has 16 heavy (non-hydrogen) atoms. The van der Waals surface area contributed by atoms with Gasteiger partial charge in [0.1, 0.15) is 11.9 Å². The summed E-state index contributed by atoms with van der Waals surface area (Å²) in [5.74, 6) is 0.884. The number of hydrogen-bond acceptors (Lipinski definition) is 3. The van der Waals surface area contributed by atoms with E-state index in [-0.39, 0.29) is 0 Å². The number of hydrogen-bond donors (Lipinski definition) is 0. The van der Waals surface area contributed by atoms with Gasteiger partial charge < -0.3 is 4.57 Å². The van der Waals surface area contributed by atoms with Crippen molar-refractivity contribution < 1.29 is 0 Å². The van der Waals surface area contributed by atoms with Crippen LogP contribution in [0.1, 0.15) is 11.4 Å². The normalized spacial score (nSPS) is 10.1. The lowest BCUT2D eigenvalue weighted by molar-refractivity contribution is 0.964. The third kappa shape index (κ3) is 1.70. The minimum Gasteiger partial charge on any atom is -0.303 e. The van der Waals surface area contributed by atoms with Gasteiger partial charge in [-0.1, -0.05) is 6.07 Å². The number of aromatic nitrogens is 2. The van der Waals surface area contributed by atoms with E-state index in [1.165, 1.54) is 0 Å². The zero-order valence-electron chi connectivity index (χ0n) is 9.14. The van der Waals surface area contributed by atoms with E-state index >= 15 is 0 Å². The summed E-state index contributed by atoms with van der Waals surface area (Å²) in [4.78, 5) is 5.16. The molecule has 2 aromatic rings. The number of aryl methyl sites for hydroxylation is 1. The average molecular weight is 229 g/mol. The molecule has 0 atom stereocenters. The Kier molecular flexibility index (Phi) is 2.97. The SMILES string of the molecule is CSc1cccc(-n2ccnc2C)c1C#N. The maximum absolute atomic E-state index is 9.22. The summed E-state index contributed by atoms with van der Waals surface area (Å²) in [5.41, 5.74) is 1.60. The fourth-order valence-electron chi connectivity index (χ4n) is 1.64. The molecule has 4 heteroatoms. The summed E-state index contributed by atoms with van der Waals surface area (Å²) < 4.78 is 1.93. The summed E-state index contributed by atoms with van der Waals surface area (Å²) in [6, 6.07) is 8.12. The molecule has 0 aliphatic rings. The molecule has 0 unspecified atom stereocenters. The molecular formula is C12H11N3S. The number of nitriles is 1. The van der Waals surface area contributed by atoms with Gasteiger partial charge >= 0.3 is 0 Å². The van der Waals surface area contributed by atoms with Crippen LogP contribution >= 0.6 is 11.8 Å². The first-order valence-electron chi connectivity index (χ1n) is 4.85. The lowest BCUT2D eigenvalue weighted by Gasteiger charge is -2.09. The van der Waals surface area contributed by atoms with Gasteiger partial charge in [-0.15, -0.1) is 11.8 Å². The summed E-state index contributed by atoms with van der Waals surface area (Å²) in [5, 5.41) is 9.22. The first-order chi connectivity index (χ1) is 7.77. The van der Waals surface area contributed by atoms with E-state index in [2.05, 4.69) is 11.1 Å². The molecule has 1 aromatic heterocycles. The summed E-state index contributed by atoms with van der Waals surface area (Å²) >= 11 is 1.58. The highest BCUT2D eigenvalue weighted by Crippen LogP contribution is 2.25. The van der Waals surface area contributed by atoms with Crippen molar-refractivity contribution in [2.24, 2.45) is 0 Å². The molecule has 0 saturated heterocycles. The standard InChI is InChI=1S/C12H11N3S/c1-9-14-6-7-15(9)11-4-3-5-12(16-2)10(11)8-13/h3-7H,1-2H3. The summed E-state index contributed by atoms with van der Waals surface area (Å²) in [6.07, 6.45) is 5.58. The topological polar surface area (TPSA) is 41.6 Å². The van der Waals surface area contributed by atoms with Crippen LogP contribution in [0.15, 0.2) is 35.5 Å². The van der Waals surface area contributed by atoms with Crippen LogP contribution in [0.4, 0.5) is 0 Å². The lowest BCUT2D eigenvalue weighted by Crippen LogP contribution is -1.99. The second-order valence-corrected chi connectivity index (χ2v) is 4.16. The monoisotopic (exact) mass is 229 g/mol. The smallest absolute Gasteiger partial charge is 0.110 e. The Hall–Kier alpha value is -1.73. The number of rotatable bonds is 2. The average Bonchev–Trinajstić information content (AvgIpc) is 2.74. The van der Waals surface area contributed by atoms with Crippen molar-refractivity contribution in [3.63, 3.8) is 0 Å². The minimum atomic E-state index is 0.705. The van der Waals surface area contributed by atoms with Gasteiger partial charge in [-0.3, -0.25) is 0 Å². The molecular weight excluding hydrogens is 218 g/mol. The molecule has 0 aliphatic carbocycles. The summed E-state index contributed by atoms with van der Waals surface area (Å²) in [7, 11) is 0. The van der Waals surface area contributed by atoms with Crippen LogP contribution in [0.5, 0.6) is 0 Å². The molecule has 0 N–H and O–H groups in total. The third-order valence-electron chi connectivity index (χ3n) is 2.42. The molecule has 2 rings (SSSR count). The van der Waals surface area contributed by atoms with Crippen LogP contribution in [-0.2, 0) is 0 Å². The molecule has 1 aromatic carbocycles. The van der Waals surface area contributed by atoms with E-state index in [1.54, 1.807) is 18.0 Å². The van der Waals surface area contributed by atoms with E-state index in [9.17, 15) is 5.26 Å². The number of imidazole rings is 1. The predicted molar refractivity (Wildman–Crippen MR) is 64.8 cm³/mol. The van der Waals surface area contributed by atoms with Gasteiger partial charge in [0.2, 0.25) is 0 Å². The van der Waals surface area contributed by atoms with E-state index in [4.69, 9.17) is 0 Å². The highest BCUT2D eigenvalue weighted by Gasteiger charge is 2.10. The van der Waals surface area contributed by atoms with Crippen LogP contribution in [-0.4, -0.2) is 15.8 Å². The van der Waals surface area contributed by atoms with Gasteiger partial charge in [0.05, 0.1) is 11.3 Å². The molecule has 1 heterocycles. The van der Waals surface area contributed by atoms with Crippen LogP contribution in [0.25, 0.3) is 5.69 Å². The lowest BCUT2D eigenvalue weighted by atomic mass is 10.2. The molecule has 0 spiro atoms. The van der Waals surface area contributed by atoms with Crippen LogP contribution in [0, 0.1) is 18.3 Å². The molecule has 80 valence electrons. The molecule has 0 saturated carbocycles. The Morgan fingerprint density at radius 2 is 2.25 bits per heavy atom. The van der Waals surface area contributed by atoms with E-state index in [0.29, 0.717) is 5.56 Å². The van der Waals surface area contributed by atoms with Crippen LogP contribution in [0.2, 0.25) is 0 Å². The molecule has 0 radical (unpaired) electrons. The van der Waals surface area contributed by atoms with Gasteiger partial charge in [-0.05, 0) is 25.3 Å². The molecule has 0 fully saturated rings. The van der Waals surface area contributed by atoms with Crippen molar-refractivity contribution in [3.8, 4) is 11.8 Å². The van der Waals surface area contributed by atoms with Gasteiger partial charge in [-0.2, -0.15) is 5.26 Å². The molecule has 3 nitrogen and oxygen atoms in total. The minimum absolute atomic E-state index is 0.705. The number of benzene rings is 1. The fraction of sp³-hybridized carbons (Fsp3) is 0.167. The van der Waals surface area contributed by atoms with Crippen molar-refractivity contribution >= 4 is 11.8 Å². The first kappa shape index (κ1) is 10.8. The fourth-order valence-corrected chi connectivity index (χ4v) is 2.20. The van der Waals surface area contributed by atoms with Crippen molar-refractivity contribution in [1.82, 2.24) is 9.55 Å². The second kappa shape index (κ2) is 4.42. The van der Waals surface area contributed by atoms with Gasteiger partial charge in [-0.25, -0.2) is 4.98 Å². The Morgan fingerprint density at radius 3 is 2.81 bits per heavy atom. The first-order valence-corrected chi connectivity index (χ1v) is 6.08. The maximum atomic E-state index is 9.22. The molecule has 0 bridgehead atoms. The zero-order valence-corrected chi connectivity index (χ0v) is 9.95. The number of thioether (sulfide) groups is 1. The second-order valence-electron chi connectivity index (χ2n) is 3.31. The van der Waals surface area contributed by atoms with Crippen molar-refractivity contribution in [2.45, 2.75) is 11.8 Å². The quantitative estimate of drug-likeness (QED) is 0.743. The molecule has 0 aliphatic heterocycles. The largest absolute Gasteiger partial charge is 0.303 e. The van der Waals surface area contributed by atoms with Crippen molar-refractivity contribution in [1.29, 1.82) is 5.26 Å². The predicted octanol–water partition coefficient (Wildman–Crippen LogP) is 2.77. The highest BCUT2D eigenvalue weighted by atomic mass is 32.2.